The van der Waals surface area contributed by atoms with Crippen LogP contribution in [0.5, 0.6) is 0 Å². The van der Waals surface area contributed by atoms with Crippen LogP contribution in [0.1, 0.15) is 89.9 Å². The molecule has 0 bridgehead atoms. The molecule has 0 aliphatic heterocycles. The van der Waals surface area contributed by atoms with E-state index in [1.807, 2.05) is 0 Å². The minimum absolute atomic E-state index is 0.00882. The highest BCUT2D eigenvalue weighted by molar-refractivity contribution is 7.46. The highest BCUT2D eigenvalue weighted by Crippen LogP contribution is 2.40. The highest BCUT2D eigenvalue weighted by Gasteiger charge is 2.19. The Kier molecular flexibility index (Phi) is 27.5. The van der Waals surface area contributed by atoms with Gasteiger partial charge < -0.3 is 63.9 Å². The third kappa shape index (κ3) is 29.8. The van der Waals surface area contributed by atoms with E-state index in [2.05, 4.69) is 15.2 Å². The molecule has 0 saturated heterocycles. The molecule has 3 unspecified atom stereocenters. The second-order valence-corrected chi connectivity index (χ2v) is 14.8. The molecule has 0 fully saturated rings. The molecule has 0 aromatic heterocycles. The molecule has 0 spiro atoms. The summed E-state index contributed by atoms with van der Waals surface area (Å²) in [5.41, 5.74) is 10.8. The summed E-state index contributed by atoms with van der Waals surface area (Å²) in [6.07, 6.45) is 6.05. The number of hydrogen-bond acceptors (Lipinski definition) is 16. The van der Waals surface area contributed by atoms with Crippen molar-refractivity contribution in [1.29, 1.82) is 0 Å². The first-order chi connectivity index (χ1) is 22.3. The minimum atomic E-state index is -4.70. The Hall–Kier alpha value is -0.810. The fourth-order valence-corrected chi connectivity index (χ4v) is 5.92. The van der Waals surface area contributed by atoms with Crippen molar-refractivity contribution >= 4 is 35.3 Å². The third-order valence-electron chi connectivity index (χ3n) is 6.35. The van der Waals surface area contributed by atoms with Gasteiger partial charge in [0.15, 0.2) is 0 Å². The van der Waals surface area contributed by atoms with Crippen LogP contribution in [0.15, 0.2) is 0 Å². The molecule has 280 valence electrons. The summed E-state index contributed by atoms with van der Waals surface area (Å²) in [7, 11) is -12.7. The quantitative estimate of drug-likeness (QED) is 0.0541. The van der Waals surface area contributed by atoms with Crippen LogP contribution in [-0.4, -0.2) is 77.6 Å². The first-order valence-electron chi connectivity index (χ1n) is 15.9. The lowest BCUT2D eigenvalue weighted by Gasteiger charge is -2.27. The Morgan fingerprint density at radius 2 is 0.915 bits per heavy atom. The van der Waals surface area contributed by atoms with Crippen LogP contribution in [0.3, 0.4) is 0 Å². The Balaban J connectivity index is 4.30. The monoisotopic (exact) mass is 739 g/mol. The Bertz CT molecular complexity index is 919. The van der Waals surface area contributed by atoms with Gasteiger partial charge in [0.05, 0.1) is 26.4 Å². The maximum absolute atomic E-state index is 12.2. The first-order valence-corrected chi connectivity index (χ1v) is 20.3. The zero-order valence-electron chi connectivity index (χ0n) is 27.3. The van der Waals surface area contributed by atoms with Crippen LogP contribution in [0.2, 0.25) is 0 Å². The van der Waals surface area contributed by atoms with Gasteiger partial charge in [-0.3, -0.25) is 23.3 Å². The largest absolute Gasteiger partial charge is 0.756 e. The number of hydrogen-bond donors (Lipinski definition) is 4. The lowest BCUT2D eigenvalue weighted by molar-refractivity contribution is -0.227. The second kappa shape index (κ2) is 27.9. The summed E-state index contributed by atoms with van der Waals surface area (Å²) < 4.78 is 63.7. The average Bonchev–Trinajstić information content (AvgIpc) is 3.01. The summed E-state index contributed by atoms with van der Waals surface area (Å²) in [5, 5.41) is 5.00. The van der Waals surface area contributed by atoms with Crippen molar-refractivity contribution in [3.63, 3.8) is 0 Å². The molecule has 0 aromatic carbocycles. The van der Waals surface area contributed by atoms with Crippen LogP contribution in [0.25, 0.3) is 0 Å². The molecule has 0 aliphatic rings. The maximum atomic E-state index is 12.2. The number of phosphoric ester groups is 3. The van der Waals surface area contributed by atoms with Gasteiger partial charge in [0.25, 0.3) is 23.5 Å². The third-order valence-corrected chi connectivity index (χ3v) is 9.35. The smallest absolute Gasteiger partial charge is 0.267 e. The van der Waals surface area contributed by atoms with Gasteiger partial charge in [0, 0.05) is 33.0 Å². The summed E-state index contributed by atoms with van der Waals surface area (Å²) in [6, 6.07) is 0. The number of phosphoric acid groups is 3. The van der Waals surface area contributed by atoms with Crippen molar-refractivity contribution in [1.82, 2.24) is 10.6 Å². The minimum Gasteiger partial charge on any atom is -0.756 e. The lowest BCUT2D eigenvalue weighted by atomic mass is 10.2. The van der Waals surface area contributed by atoms with Gasteiger partial charge in [-0.05, 0) is 64.5 Å². The van der Waals surface area contributed by atoms with Crippen molar-refractivity contribution < 1.29 is 65.1 Å². The van der Waals surface area contributed by atoms with Crippen molar-refractivity contribution in [3.05, 3.63) is 0 Å². The van der Waals surface area contributed by atoms with Gasteiger partial charge in [-0.2, -0.15) is 0 Å². The van der Waals surface area contributed by atoms with E-state index >= 15 is 0 Å². The molecule has 6 N–H and O–H groups in total. The van der Waals surface area contributed by atoms with Gasteiger partial charge >= 0.3 is 0 Å². The second-order valence-electron chi connectivity index (χ2n) is 10.5. The van der Waals surface area contributed by atoms with E-state index in [-0.39, 0.29) is 78.0 Å². The Morgan fingerprint density at radius 3 is 1.26 bits per heavy atom. The van der Waals surface area contributed by atoms with E-state index in [9.17, 15) is 38.0 Å². The first kappa shape index (κ1) is 46.2. The van der Waals surface area contributed by atoms with Crippen molar-refractivity contribution in [2.24, 2.45) is 11.5 Å². The summed E-state index contributed by atoms with van der Waals surface area (Å²) in [6.45, 7) is 0.305. The molecular formula is C26H54N4O14P3-3. The highest BCUT2D eigenvalue weighted by atomic mass is 31.2. The van der Waals surface area contributed by atoms with Gasteiger partial charge in [0.1, 0.15) is 6.10 Å². The molecule has 2 amide bonds. The van der Waals surface area contributed by atoms with Crippen molar-refractivity contribution in [3.8, 4) is 0 Å². The van der Waals surface area contributed by atoms with E-state index in [1.165, 1.54) is 0 Å². The molecule has 0 radical (unpaired) electrons. The predicted molar refractivity (Wildman–Crippen MR) is 167 cm³/mol. The van der Waals surface area contributed by atoms with Crippen LogP contribution in [0, 0.1) is 0 Å². The number of unbranched alkanes of at least 4 members (excludes halogenated alkanes) is 8. The molecule has 21 heteroatoms. The average molecular weight is 740 g/mol. The standard InChI is InChI=1S/C26H57N4O14P3/c1-39-45(33,34)44-24(22-29-25(31)14-6-12-20-42-46(35,36)40-18-10-4-2-8-16-27)23-30-26(32)15-7-13-21-43-47(37,38)41-19-11-5-3-9-17-28/h24H,2-23,27-28H2,1H3,(H,29,31)(H,30,32)(H,33,34)(H,35,36)(H,37,38)/p-3. The predicted octanol–water partition coefficient (Wildman–Crippen LogP) is 1.10. The van der Waals surface area contributed by atoms with E-state index in [4.69, 9.17) is 34.1 Å². The number of nitrogens with one attached hydrogen (secondary N) is 2. The lowest BCUT2D eigenvalue weighted by Crippen LogP contribution is -2.41. The summed E-state index contributed by atoms with van der Waals surface area (Å²) in [4.78, 5) is 59.8. The van der Waals surface area contributed by atoms with E-state index in [0.29, 0.717) is 25.9 Å². The fraction of sp³-hybridized carbons (Fsp3) is 0.923. The zero-order chi connectivity index (χ0) is 35.4. The van der Waals surface area contributed by atoms with E-state index < -0.39 is 41.4 Å². The molecule has 0 heterocycles. The topological polar surface area (TPSA) is 286 Å². The van der Waals surface area contributed by atoms with Crippen LogP contribution < -0.4 is 36.8 Å². The van der Waals surface area contributed by atoms with E-state index in [1.54, 1.807) is 0 Å². The summed E-state index contributed by atoms with van der Waals surface area (Å²) in [5.74, 6) is -0.929. The molecule has 0 aliphatic carbocycles. The van der Waals surface area contributed by atoms with Gasteiger partial charge in [-0.15, -0.1) is 0 Å². The van der Waals surface area contributed by atoms with E-state index in [0.717, 1.165) is 45.6 Å². The number of amides is 2. The number of nitrogens with two attached hydrogens (primary N) is 2. The Labute approximate surface area is 278 Å². The zero-order valence-corrected chi connectivity index (χ0v) is 30.0. The van der Waals surface area contributed by atoms with Crippen molar-refractivity contribution in [2.45, 2.75) is 96.0 Å². The molecule has 47 heavy (non-hydrogen) atoms. The van der Waals surface area contributed by atoms with Crippen LogP contribution in [-0.2, 0) is 50.4 Å². The SMILES string of the molecule is COP(=O)([O-])OC(CNC(=O)CCCCOP(=O)([O-])OCCCCCCN)CNC(=O)CCCCOP(=O)([O-])OCCCCCCN. The molecule has 0 aromatic rings. The number of carbonyl (C=O) groups is 2. The number of rotatable bonds is 33. The van der Waals surface area contributed by atoms with Crippen LogP contribution >= 0.6 is 23.5 Å². The normalized spacial score (nSPS) is 16.1. The van der Waals surface area contributed by atoms with Gasteiger partial charge in [0.2, 0.25) is 11.8 Å². The van der Waals surface area contributed by atoms with Gasteiger partial charge in [-0.1, -0.05) is 25.7 Å². The molecular weight excluding hydrogens is 685 g/mol. The van der Waals surface area contributed by atoms with Gasteiger partial charge in [-0.25, -0.2) is 0 Å². The Morgan fingerprint density at radius 1 is 0.574 bits per heavy atom. The molecule has 18 nitrogen and oxygen atoms in total. The molecule has 0 rings (SSSR count). The molecule has 3 atom stereocenters. The summed E-state index contributed by atoms with van der Waals surface area (Å²) >= 11 is 0. The fourth-order valence-electron chi connectivity index (χ4n) is 3.76. The number of carbonyl (C=O) groups excluding carboxylic acids is 2. The van der Waals surface area contributed by atoms with Crippen LogP contribution in [0.4, 0.5) is 0 Å². The molecule has 0 saturated carbocycles. The maximum Gasteiger partial charge on any atom is 0.267 e. The van der Waals surface area contributed by atoms with Crippen molar-refractivity contribution in [2.75, 3.05) is 59.7 Å².